The van der Waals surface area contributed by atoms with E-state index in [1.165, 1.54) is 0 Å². The summed E-state index contributed by atoms with van der Waals surface area (Å²) < 4.78 is 21.3. The van der Waals surface area contributed by atoms with E-state index in [2.05, 4.69) is 10.5 Å². The van der Waals surface area contributed by atoms with Gasteiger partial charge >= 0.3 is 0 Å². The molecule has 1 aromatic heterocycles. The summed E-state index contributed by atoms with van der Waals surface area (Å²) in [6.07, 6.45) is 0. The van der Waals surface area contributed by atoms with Gasteiger partial charge in [0.25, 0.3) is 0 Å². The minimum Gasteiger partial charge on any atom is -0.497 e. The SMILES string of the molecule is COc1ccc(-c2cc(CNCc3ccc4c(c3)OCO4)on2)cc1.Cl. The average Bonchev–Trinajstić information content (AvgIpc) is 3.31. The third kappa shape index (κ3) is 3.92. The van der Waals surface area contributed by atoms with Gasteiger partial charge in [-0.2, -0.15) is 0 Å². The Morgan fingerprint density at radius 1 is 1.00 bits per heavy atom. The molecule has 136 valence electrons. The molecular formula is C19H19ClN2O4. The number of nitrogens with zero attached hydrogens (tertiary/aromatic N) is 1. The first-order chi connectivity index (χ1) is 12.3. The molecule has 7 heteroatoms. The summed E-state index contributed by atoms with van der Waals surface area (Å²) in [6.45, 7) is 1.59. The van der Waals surface area contributed by atoms with E-state index in [4.69, 9.17) is 18.7 Å². The molecular weight excluding hydrogens is 356 g/mol. The van der Waals surface area contributed by atoms with Gasteiger partial charge in [-0.05, 0) is 42.0 Å². The van der Waals surface area contributed by atoms with Crippen molar-refractivity contribution in [3.63, 3.8) is 0 Å². The number of methoxy groups -OCH3 is 1. The number of hydrogen-bond acceptors (Lipinski definition) is 6. The molecule has 0 saturated carbocycles. The van der Waals surface area contributed by atoms with Crippen LogP contribution in [0.5, 0.6) is 17.2 Å². The van der Waals surface area contributed by atoms with Gasteiger partial charge < -0.3 is 24.1 Å². The highest BCUT2D eigenvalue weighted by molar-refractivity contribution is 5.85. The third-order valence-corrected chi connectivity index (χ3v) is 4.01. The Labute approximate surface area is 157 Å². The fraction of sp³-hybridized carbons (Fsp3) is 0.211. The molecule has 2 aromatic carbocycles. The lowest BCUT2D eigenvalue weighted by molar-refractivity contribution is 0.174. The van der Waals surface area contributed by atoms with E-state index < -0.39 is 0 Å². The van der Waals surface area contributed by atoms with Crippen molar-refractivity contribution in [3.05, 3.63) is 59.9 Å². The summed E-state index contributed by atoms with van der Waals surface area (Å²) in [4.78, 5) is 0. The molecule has 3 aromatic rings. The lowest BCUT2D eigenvalue weighted by Crippen LogP contribution is -2.12. The minimum absolute atomic E-state index is 0. The molecule has 0 fully saturated rings. The van der Waals surface area contributed by atoms with Gasteiger partial charge in [0.15, 0.2) is 17.3 Å². The summed E-state index contributed by atoms with van der Waals surface area (Å²) in [5.74, 6) is 3.19. The fourth-order valence-corrected chi connectivity index (χ4v) is 2.68. The van der Waals surface area contributed by atoms with Crippen molar-refractivity contribution < 1.29 is 18.7 Å². The van der Waals surface area contributed by atoms with Gasteiger partial charge in [0.05, 0.1) is 13.7 Å². The minimum atomic E-state index is 0. The summed E-state index contributed by atoms with van der Waals surface area (Å²) >= 11 is 0. The lowest BCUT2D eigenvalue weighted by Gasteiger charge is -2.04. The highest BCUT2D eigenvalue weighted by atomic mass is 35.5. The fourth-order valence-electron chi connectivity index (χ4n) is 2.68. The molecule has 0 bridgehead atoms. The number of hydrogen-bond donors (Lipinski definition) is 1. The van der Waals surface area contributed by atoms with E-state index in [1.807, 2.05) is 48.5 Å². The Balaban J connectivity index is 0.00000196. The third-order valence-electron chi connectivity index (χ3n) is 4.01. The van der Waals surface area contributed by atoms with Gasteiger partial charge in [0.2, 0.25) is 6.79 Å². The van der Waals surface area contributed by atoms with E-state index in [1.54, 1.807) is 7.11 Å². The number of rotatable bonds is 6. The van der Waals surface area contributed by atoms with Crippen LogP contribution in [-0.2, 0) is 13.1 Å². The summed E-state index contributed by atoms with van der Waals surface area (Å²) in [5.41, 5.74) is 2.92. The molecule has 4 rings (SSSR count). The molecule has 0 saturated heterocycles. The van der Waals surface area contributed by atoms with Crippen molar-refractivity contribution in [1.29, 1.82) is 0 Å². The Bertz CT molecular complexity index is 864. The van der Waals surface area contributed by atoms with E-state index in [0.29, 0.717) is 19.9 Å². The molecule has 6 nitrogen and oxygen atoms in total. The van der Waals surface area contributed by atoms with Crippen molar-refractivity contribution in [2.45, 2.75) is 13.1 Å². The standard InChI is InChI=1S/C19H18N2O4.ClH/c1-22-15-5-3-14(4-6-15)17-9-16(25-21-17)11-20-10-13-2-7-18-19(8-13)24-12-23-18;/h2-9,20H,10-12H2,1H3;1H. The molecule has 1 N–H and O–H groups in total. The van der Waals surface area contributed by atoms with Crippen LogP contribution in [0.1, 0.15) is 11.3 Å². The highest BCUT2D eigenvalue weighted by Gasteiger charge is 2.13. The van der Waals surface area contributed by atoms with Gasteiger partial charge in [0, 0.05) is 18.2 Å². The van der Waals surface area contributed by atoms with Crippen LogP contribution in [0.4, 0.5) is 0 Å². The van der Waals surface area contributed by atoms with Gasteiger partial charge in [-0.3, -0.25) is 0 Å². The zero-order valence-electron chi connectivity index (χ0n) is 14.2. The van der Waals surface area contributed by atoms with Gasteiger partial charge in [-0.15, -0.1) is 12.4 Å². The summed E-state index contributed by atoms with van der Waals surface area (Å²) in [6, 6.07) is 15.6. The number of nitrogens with one attached hydrogen (secondary N) is 1. The maximum atomic E-state index is 5.40. The summed E-state index contributed by atoms with van der Waals surface area (Å²) in [5, 5.41) is 7.46. The van der Waals surface area contributed by atoms with E-state index in [-0.39, 0.29) is 12.4 Å². The second-order valence-electron chi connectivity index (χ2n) is 5.70. The molecule has 26 heavy (non-hydrogen) atoms. The summed E-state index contributed by atoms with van der Waals surface area (Å²) in [7, 11) is 1.65. The zero-order chi connectivity index (χ0) is 17.1. The van der Waals surface area contributed by atoms with Crippen molar-refractivity contribution in [3.8, 4) is 28.5 Å². The van der Waals surface area contributed by atoms with Crippen LogP contribution >= 0.6 is 12.4 Å². The van der Waals surface area contributed by atoms with Crippen LogP contribution < -0.4 is 19.5 Å². The van der Waals surface area contributed by atoms with Crippen LogP contribution in [-0.4, -0.2) is 19.1 Å². The molecule has 1 aliphatic heterocycles. The number of aromatic nitrogens is 1. The Kier molecular flexibility index (Phi) is 5.65. The van der Waals surface area contributed by atoms with Gasteiger partial charge in [-0.1, -0.05) is 11.2 Å². The molecule has 2 heterocycles. The van der Waals surface area contributed by atoms with E-state index in [9.17, 15) is 0 Å². The molecule has 0 atom stereocenters. The van der Waals surface area contributed by atoms with Crippen molar-refractivity contribution in [2.75, 3.05) is 13.9 Å². The lowest BCUT2D eigenvalue weighted by atomic mass is 10.1. The zero-order valence-corrected chi connectivity index (χ0v) is 15.0. The smallest absolute Gasteiger partial charge is 0.231 e. The normalized spacial score (nSPS) is 11.9. The van der Waals surface area contributed by atoms with Crippen molar-refractivity contribution in [1.82, 2.24) is 10.5 Å². The second-order valence-corrected chi connectivity index (χ2v) is 5.70. The monoisotopic (exact) mass is 374 g/mol. The number of fused-ring (bicyclic) bond motifs is 1. The Hall–Kier alpha value is -2.70. The molecule has 0 radical (unpaired) electrons. The van der Waals surface area contributed by atoms with Crippen molar-refractivity contribution in [2.24, 2.45) is 0 Å². The van der Waals surface area contributed by atoms with Crippen LogP contribution in [0.15, 0.2) is 53.1 Å². The van der Waals surface area contributed by atoms with E-state index >= 15 is 0 Å². The maximum Gasteiger partial charge on any atom is 0.231 e. The molecule has 0 amide bonds. The quantitative estimate of drug-likeness (QED) is 0.708. The first-order valence-electron chi connectivity index (χ1n) is 8.01. The maximum absolute atomic E-state index is 5.40. The van der Waals surface area contributed by atoms with Gasteiger partial charge in [-0.25, -0.2) is 0 Å². The molecule has 0 spiro atoms. The van der Waals surface area contributed by atoms with E-state index in [0.717, 1.165) is 39.8 Å². The van der Waals surface area contributed by atoms with Crippen LogP contribution in [0, 0.1) is 0 Å². The number of halogens is 1. The predicted molar refractivity (Wildman–Crippen MR) is 98.8 cm³/mol. The number of benzene rings is 2. The topological polar surface area (TPSA) is 65.8 Å². The molecule has 0 aliphatic carbocycles. The van der Waals surface area contributed by atoms with Crippen LogP contribution in [0.3, 0.4) is 0 Å². The molecule has 0 unspecified atom stereocenters. The first-order valence-corrected chi connectivity index (χ1v) is 8.01. The van der Waals surface area contributed by atoms with Gasteiger partial charge in [0.1, 0.15) is 11.4 Å². The Morgan fingerprint density at radius 2 is 1.81 bits per heavy atom. The van der Waals surface area contributed by atoms with Crippen molar-refractivity contribution >= 4 is 12.4 Å². The average molecular weight is 375 g/mol. The largest absolute Gasteiger partial charge is 0.497 e. The highest BCUT2D eigenvalue weighted by Crippen LogP contribution is 2.32. The molecule has 1 aliphatic rings. The first kappa shape index (κ1) is 18.1. The van der Waals surface area contributed by atoms with Crippen LogP contribution in [0.25, 0.3) is 11.3 Å². The number of ether oxygens (including phenoxy) is 3. The Morgan fingerprint density at radius 3 is 2.62 bits per heavy atom. The second kappa shape index (κ2) is 8.12. The van der Waals surface area contributed by atoms with Crippen LogP contribution in [0.2, 0.25) is 0 Å². The predicted octanol–water partition coefficient (Wildman–Crippen LogP) is 3.79.